The zero-order valence-corrected chi connectivity index (χ0v) is 14.1. The Morgan fingerprint density at radius 3 is 2.53 bits per heavy atom. The zero-order valence-electron chi connectivity index (χ0n) is 13.3. The molecule has 0 saturated heterocycles. The molecule has 4 heteroatoms. The largest absolute Gasteiger partial charge is 0.345 e. The second-order valence-corrected chi connectivity index (χ2v) is 6.27. The molecule has 0 aliphatic rings. The number of nitrogens with zero attached hydrogens (tertiary/aromatic N) is 2. The number of nitrogens with one attached hydrogen (secondary N) is 1. The summed E-state index contributed by atoms with van der Waals surface area (Å²) in [6, 6.07) is 0.950. The maximum atomic E-state index is 4.81. The van der Waals surface area contributed by atoms with Gasteiger partial charge in [-0.2, -0.15) is 0 Å². The maximum Gasteiger partial charge on any atom is 0.186 e. The van der Waals surface area contributed by atoms with Gasteiger partial charge in [-0.25, -0.2) is 4.98 Å². The van der Waals surface area contributed by atoms with Crippen molar-refractivity contribution < 1.29 is 0 Å². The lowest BCUT2D eigenvalue weighted by atomic mass is 10.2. The fourth-order valence-corrected chi connectivity index (χ4v) is 3.36. The zero-order chi connectivity index (χ0) is 14.4. The first-order chi connectivity index (χ1) is 9.04. The van der Waals surface area contributed by atoms with E-state index in [9.17, 15) is 0 Å². The van der Waals surface area contributed by atoms with Crippen molar-refractivity contribution in [1.29, 1.82) is 0 Å². The van der Waals surface area contributed by atoms with Crippen LogP contribution in [0.5, 0.6) is 0 Å². The Labute approximate surface area is 122 Å². The van der Waals surface area contributed by atoms with Crippen molar-refractivity contribution in [2.24, 2.45) is 0 Å². The first-order valence-electron chi connectivity index (χ1n) is 7.46. The van der Waals surface area contributed by atoms with Crippen molar-refractivity contribution in [3.05, 3.63) is 10.6 Å². The van der Waals surface area contributed by atoms with Gasteiger partial charge in [-0.1, -0.05) is 20.3 Å². The minimum Gasteiger partial charge on any atom is -0.345 e. The van der Waals surface area contributed by atoms with Gasteiger partial charge in [-0.3, -0.25) is 0 Å². The maximum absolute atomic E-state index is 4.81. The fourth-order valence-electron chi connectivity index (χ4n) is 2.10. The number of thiazole rings is 1. The van der Waals surface area contributed by atoms with Crippen molar-refractivity contribution in [3.8, 4) is 0 Å². The highest BCUT2D eigenvalue weighted by atomic mass is 32.1. The third-order valence-electron chi connectivity index (χ3n) is 3.77. The molecule has 2 atom stereocenters. The second kappa shape index (κ2) is 7.85. The van der Waals surface area contributed by atoms with Crippen LogP contribution < -0.4 is 10.2 Å². The van der Waals surface area contributed by atoms with Crippen LogP contribution in [0.15, 0.2) is 0 Å². The van der Waals surface area contributed by atoms with E-state index in [4.69, 9.17) is 4.98 Å². The van der Waals surface area contributed by atoms with Crippen LogP contribution in [0.4, 0.5) is 5.13 Å². The van der Waals surface area contributed by atoms with Gasteiger partial charge in [0.2, 0.25) is 0 Å². The molecule has 0 fully saturated rings. The fraction of sp³-hybridized carbons (Fsp3) is 0.800. The Morgan fingerprint density at radius 1 is 1.32 bits per heavy atom. The van der Waals surface area contributed by atoms with Crippen LogP contribution in [0.2, 0.25) is 0 Å². The highest BCUT2D eigenvalue weighted by molar-refractivity contribution is 7.15. The van der Waals surface area contributed by atoms with Gasteiger partial charge in [-0.15, -0.1) is 11.3 Å². The van der Waals surface area contributed by atoms with Gasteiger partial charge >= 0.3 is 0 Å². The molecule has 1 N–H and O–H groups in total. The van der Waals surface area contributed by atoms with Gasteiger partial charge in [0, 0.05) is 23.5 Å². The standard InChI is InChI=1S/C15H29N3S/c1-7-9-10-18(11(3)8-2)15-17-13(5)14(19-15)12(4)16-6/h11-12,16H,7-10H2,1-6H3. The number of unbranched alkanes of at least 4 members (excludes halogenated alkanes) is 1. The Bertz CT molecular complexity index is 375. The molecule has 0 aromatic carbocycles. The lowest BCUT2D eigenvalue weighted by molar-refractivity contribution is 0.594. The number of hydrogen-bond acceptors (Lipinski definition) is 4. The topological polar surface area (TPSA) is 28.2 Å². The lowest BCUT2D eigenvalue weighted by Gasteiger charge is -2.28. The van der Waals surface area contributed by atoms with Crippen LogP contribution in [0.25, 0.3) is 0 Å². The van der Waals surface area contributed by atoms with Crippen molar-refractivity contribution >= 4 is 16.5 Å². The first kappa shape index (κ1) is 16.4. The van der Waals surface area contributed by atoms with Crippen molar-refractivity contribution in [2.75, 3.05) is 18.5 Å². The van der Waals surface area contributed by atoms with Gasteiger partial charge in [-0.05, 0) is 40.7 Å². The predicted octanol–water partition coefficient (Wildman–Crippen LogP) is 4.14. The molecule has 0 aliphatic heterocycles. The number of anilines is 1. The molecule has 0 bridgehead atoms. The summed E-state index contributed by atoms with van der Waals surface area (Å²) in [5, 5.41) is 4.50. The van der Waals surface area contributed by atoms with E-state index in [2.05, 4.69) is 44.8 Å². The Balaban J connectivity index is 2.95. The number of aryl methyl sites for hydroxylation is 1. The van der Waals surface area contributed by atoms with Crippen LogP contribution in [0, 0.1) is 6.92 Å². The van der Waals surface area contributed by atoms with Crippen LogP contribution >= 0.6 is 11.3 Å². The molecule has 0 spiro atoms. The smallest absolute Gasteiger partial charge is 0.186 e. The first-order valence-corrected chi connectivity index (χ1v) is 8.27. The normalized spacial score (nSPS) is 14.4. The van der Waals surface area contributed by atoms with Gasteiger partial charge in [0.1, 0.15) is 0 Å². The summed E-state index contributed by atoms with van der Waals surface area (Å²) in [7, 11) is 2.01. The summed E-state index contributed by atoms with van der Waals surface area (Å²) >= 11 is 1.85. The minimum absolute atomic E-state index is 0.385. The summed E-state index contributed by atoms with van der Waals surface area (Å²) < 4.78 is 0. The molecule has 0 aliphatic carbocycles. The SMILES string of the molecule is CCCCN(c1nc(C)c(C(C)NC)s1)C(C)CC. The molecule has 1 aromatic heterocycles. The van der Waals surface area contributed by atoms with E-state index < -0.39 is 0 Å². The van der Waals surface area contributed by atoms with E-state index in [-0.39, 0.29) is 0 Å². The van der Waals surface area contributed by atoms with Crippen LogP contribution in [0.1, 0.15) is 63.6 Å². The molecule has 19 heavy (non-hydrogen) atoms. The van der Waals surface area contributed by atoms with Gasteiger partial charge in [0.25, 0.3) is 0 Å². The molecular formula is C15H29N3S. The molecule has 110 valence electrons. The third kappa shape index (κ3) is 4.18. The van der Waals surface area contributed by atoms with E-state index >= 15 is 0 Å². The minimum atomic E-state index is 0.385. The molecule has 3 nitrogen and oxygen atoms in total. The van der Waals surface area contributed by atoms with E-state index in [0.717, 1.165) is 6.54 Å². The average molecular weight is 283 g/mol. The number of rotatable bonds is 8. The van der Waals surface area contributed by atoms with Crippen LogP contribution in [0.3, 0.4) is 0 Å². The highest BCUT2D eigenvalue weighted by Crippen LogP contribution is 2.32. The molecule has 1 heterocycles. The molecule has 2 unspecified atom stereocenters. The Hall–Kier alpha value is -0.610. The summed E-state index contributed by atoms with van der Waals surface area (Å²) in [6.45, 7) is 12.2. The Kier molecular flexibility index (Phi) is 6.80. The monoisotopic (exact) mass is 283 g/mol. The highest BCUT2D eigenvalue weighted by Gasteiger charge is 2.19. The number of aromatic nitrogens is 1. The lowest BCUT2D eigenvalue weighted by Crippen LogP contribution is -2.33. The van der Waals surface area contributed by atoms with Crippen LogP contribution in [-0.2, 0) is 0 Å². The van der Waals surface area contributed by atoms with Gasteiger partial charge in [0.15, 0.2) is 5.13 Å². The predicted molar refractivity (Wildman–Crippen MR) is 86.3 cm³/mol. The number of hydrogen-bond donors (Lipinski definition) is 1. The van der Waals surface area contributed by atoms with E-state index in [1.807, 2.05) is 18.4 Å². The molecule has 0 saturated carbocycles. The summed E-state index contributed by atoms with van der Waals surface area (Å²) in [5.74, 6) is 0. The van der Waals surface area contributed by atoms with Crippen molar-refractivity contribution in [1.82, 2.24) is 10.3 Å². The van der Waals surface area contributed by atoms with E-state index in [0.29, 0.717) is 12.1 Å². The Morgan fingerprint density at radius 2 is 2.00 bits per heavy atom. The molecule has 0 radical (unpaired) electrons. The second-order valence-electron chi connectivity index (χ2n) is 5.26. The third-order valence-corrected chi connectivity index (χ3v) is 5.15. The molecule has 1 rings (SSSR count). The van der Waals surface area contributed by atoms with Gasteiger partial charge < -0.3 is 10.2 Å². The quantitative estimate of drug-likeness (QED) is 0.777. The molecule has 1 aromatic rings. The van der Waals surface area contributed by atoms with E-state index in [1.54, 1.807) is 0 Å². The van der Waals surface area contributed by atoms with E-state index in [1.165, 1.54) is 35.0 Å². The van der Waals surface area contributed by atoms with Gasteiger partial charge in [0.05, 0.1) is 5.69 Å². The summed E-state index contributed by atoms with van der Waals surface area (Å²) in [5.41, 5.74) is 1.17. The summed E-state index contributed by atoms with van der Waals surface area (Å²) in [4.78, 5) is 8.65. The summed E-state index contributed by atoms with van der Waals surface area (Å²) in [6.07, 6.45) is 3.64. The van der Waals surface area contributed by atoms with Crippen LogP contribution in [-0.4, -0.2) is 24.6 Å². The molecular weight excluding hydrogens is 254 g/mol. The van der Waals surface area contributed by atoms with Crippen molar-refractivity contribution in [2.45, 2.75) is 66.0 Å². The van der Waals surface area contributed by atoms with Crippen molar-refractivity contribution in [3.63, 3.8) is 0 Å². The molecule has 0 amide bonds. The average Bonchev–Trinajstić information content (AvgIpc) is 2.79.